The van der Waals surface area contributed by atoms with Crippen molar-refractivity contribution in [2.45, 2.75) is 57.4 Å². The number of piperidine rings is 2. The molecule has 2 aromatic heterocycles. The molecule has 14 nitrogen and oxygen atoms in total. The van der Waals surface area contributed by atoms with E-state index in [4.69, 9.17) is 40.3 Å². The summed E-state index contributed by atoms with van der Waals surface area (Å²) in [6, 6.07) is 40.8. The van der Waals surface area contributed by atoms with Gasteiger partial charge in [-0.25, -0.2) is 9.97 Å². The van der Waals surface area contributed by atoms with Gasteiger partial charge in [0, 0.05) is 36.1 Å². The number of carbonyl (C=O) groups excluding carboxylic acids is 2. The maximum Gasteiger partial charge on any atom is 0.379 e. The number of aromatic nitrogens is 4. The van der Waals surface area contributed by atoms with Gasteiger partial charge >= 0.3 is 6.68 Å². The number of hydrogen-bond donors (Lipinski definition) is 4. The van der Waals surface area contributed by atoms with Crippen LogP contribution in [-0.2, 0) is 13.2 Å². The molecule has 0 atom stereocenters. The Morgan fingerprint density at radius 2 is 1.08 bits per heavy atom. The molecule has 0 unspecified atom stereocenters. The van der Waals surface area contributed by atoms with Crippen molar-refractivity contribution in [3.05, 3.63) is 167 Å². The van der Waals surface area contributed by atoms with Crippen molar-refractivity contribution in [3.8, 4) is 34.5 Å². The van der Waals surface area contributed by atoms with Crippen LogP contribution >= 0.6 is 11.6 Å². The molecule has 10 rings (SSSR count). The maximum atomic E-state index is 13.2. The number of nitrogens with zero attached hydrogens (tertiary/aromatic N) is 3. The molecule has 0 bridgehead atoms. The second kappa shape index (κ2) is 26.8. The monoisotopic (exact) mass is 1030 g/mol. The van der Waals surface area contributed by atoms with Crippen LogP contribution in [0.5, 0.6) is 34.5 Å². The number of benzene rings is 6. The highest BCUT2D eigenvalue weighted by atomic mass is 35.5. The van der Waals surface area contributed by atoms with E-state index in [0.29, 0.717) is 72.3 Å². The first-order valence-electron chi connectivity index (χ1n) is 23.9. The van der Waals surface area contributed by atoms with Crippen molar-refractivity contribution in [1.82, 2.24) is 30.2 Å². The van der Waals surface area contributed by atoms with Gasteiger partial charge in [0.15, 0.2) is 23.0 Å². The van der Waals surface area contributed by atoms with E-state index in [1.165, 1.54) is 26.0 Å². The predicted octanol–water partition coefficient (Wildman–Crippen LogP) is 11.7. The van der Waals surface area contributed by atoms with Gasteiger partial charge in [0.1, 0.15) is 36.4 Å². The second-order valence-electron chi connectivity index (χ2n) is 17.2. The molecule has 6 aromatic carbocycles. The minimum atomic E-state index is -3.67. The number of likely N-dealkylation sites (tertiary alicyclic amines) is 1. The minimum absolute atomic E-state index is 0.00746. The Hall–Kier alpha value is -7.76. The van der Waals surface area contributed by atoms with Crippen molar-refractivity contribution in [2.24, 2.45) is 0 Å². The minimum Gasteiger partial charge on any atom is -0.508 e. The number of methoxy groups -OCH3 is 3. The summed E-state index contributed by atoms with van der Waals surface area (Å²) in [6.45, 7) is 0.661. The van der Waals surface area contributed by atoms with Gasteiger partial charge in [-0.05, 0) is 146 Å². The quantitative estimate of drug-likeness (QED) is 0.0810. The molecule has 0 saturated carbocycles. The van der Waals surface area contributed by atoms with Crippen LogP contribution in [0, 0.1) is 0 Å². The van der Waals surface area contributed by atoms with Crippen molar-refractivity contribution in [3.63, 3.8) is 0 Å². The topological polar surface area (TPSA) is 173 Å². The summed E-state index contributed by atoms with van der Waals surface area (Å²) in [5, 5.41) is 12.0. The Morgan fingerprint density at radius 1 is 0.622 bits per heavy atom. The van der Waals surface area contributed by atoms with Crippen molar-refractivity contribution in [2.75, 3.05) is 47.5 Å². The zero-order chi connectivity index (χ0) is 52.4. The zero-order valence-corrected chi connectivity index (χ0v) is 41.9. The fraction of sp³-hybridized carbons (Fsp3) is 0.286. The molecule has 0 radical (unpaired) electrons. The van der Waals surface area contributed by atoms with E-state index in [-0.39, 0.29) is 11.7 Å². The van der Waals surface area contributed by atoms with Crippen LogP contribution in [-0.4, -0.2) is 95.3 Å². The Morgan fingerprint density at radius 3 is 1.55 bits per heavy atom. The van der Waals surface area contributed by atoms with Crippen LogP contribution in [0.25, 0.3) is 22.1 Å². The van der Waals surface area contributed by atoms with Gasteiger partial charge in [0.25, 0.3) is 11.1 Å². The van der Waals surface area contributed by atoms with Crippen LogP contribution in [0.4, 0.5) is 13.2 Å². The fourth-order valence-electron chi connectivity index (χ4n) is 8.43. The molecule has 18 heteroatoms. The van der Waals surface area contributed by atoms with Gasteiger partial charge in [0.05, 0.1) is 43.4 Å². The molecular weight excluding hydrogens is 977 g/mol. The van der Waals surface area contributed by atoms with Gasteiger partial charge in [0.2, 0.25) is 0 Å². The molecule has 8 aromatic rings. The van der Waals surface area contributed by atoms with E-state index in [9.17, 15) is 27.9 Å². The van der Waals surface area contributed by atoms with E-state index in [1.807, 2.05) is 65.6 Å². The number of carbonyl (C=O) groups is 2. The number of rotatable bonds is 13. The number of alkyl halides is 3. The number of para-hydroxylation sites is 4. The van der Waals surface area contributed by atoms with Crippen LogP contribution < -0.4 is 29.0 Å². The number of hydrogen-bond acceptors (Lipinski definition) is 11. The number of halogens is 4. The summed E-state index contributed by atoms with van der Waals surface area (Å²) < 4.78 is 56.5. The van der Waals surface area contributed by atoms with Gasteiger partial charge in [-0.2, -0.15) is 13.2 Å². The second-order valence-corrected chi connectivity index (χ2v) is 17.6. The molecule has 1 amide bonds. The van der Waals surface area contributed by atoms with E-state index < -0.39 is 11.9 Å². The van der Waals surface area contributed by atoms with Crippen LogP contribution in [0.3, 0.4) is 0 Å². The Kier molecular flexibility index (Phi) is 19.6. The van der Waals surface area contributed by atoms with Crippen molar-refractivity contribution >= 4 is 44.8 Å². The molecule has 0 spiro atoms. The first kappa shape index (κ1) is 54.0. The highest BCUT2D eigenvalue weighted by molar-refractivity contribution is 6.67. The standard InChI is InChI=1S/C28H29N3O4.C15H13ClO4.C12H15N3.CHF3/c1-33-22-10-7-19(8-11-22)18-35-25-12-9-21(17-26(25)34-2)28(32)31-15-13-20(14-16-31)27-29-23-5-3-4-6-24(23)30-27;1-19-14-8-11(15(16)18)4-7-13(14)20-9-10-2-5-12(17)6-3-10;1-2-4-11-10(3-1)14-12(15-11)9-5-7-13-8-6-9;2-1(3)4/h3-12,17,20H,13-16,18H2,1-2H3,(H,29,30);2-8,17H,9H2,1H3;1-4,9,13H,5-8H2,(H,14,15);1H. The lowest BCUT2D eigenvalue weighted by Gasteiger charge is -2.31. The number of phenolic OH excluding ortho intramolecular Hbond substituents is 1. The molecule has 2 saturated heterocycles. The van der Waals surface area contributed by atoms with E-state index in [1.54, 1.807) is 68.8 Å². The number of ether oxygens (including phenoxy) is 5. The van der Waals surface area contributed by atoms with E-state index in [0.717, 1.165) is 76.5 Å². The average Bonchev–Trinajstić information content (AvgIpc) is 4.08. The van der Waals surface area contributed by atoms with Crippen LogP contribution in [0.1, 0.15) is 81.0 Å². The van der Waals surface area contributed by atoms with Gasteiger partial charge in [-0.15, -0.1) is 0 Å². The molecule has 4 N–H and O–H groups in total. The number of phenols is 1. The average molecular weight is 1040 g/mol. The SMILES string of the molecule is COc1cc(C(=O)Cl)ccc1OCc1ccc(O)cc1.COc1ccc(COc2ccc(C(=O)N3CCC(c4nc5ccccc5[nH]4)CC3)cc2OC)cc1.FC(F)F.c1ccc2[nH]c(C3CCNCC3)nc2c1. The third-order valence-corrected chi connectivity index (χ3v) is 12.6. The van der Waals surface area contributed by atoms with E-state index in [2.05, 4.69) is 32.4 Å². The lowest BCUT2D eigenvalue weighted by atomic mass is 9.95. The predicted molar refractivity (Wildman–Crippen MR) is 278 cm³/mol. The smallest absolute Gasteiger partial charge is 0.379 e. The molecule has 2 fully saturated rings. The number of aromatic amines is 2. The number of aromatic hydroxyl groups is 1. The zero-order valence-electron chi connectivity index (χ0n) is 41.2. The van der Waals surface area contributed by atoms with Gasteiger partial charge in [-0.3, -0.25) is 9.59 Å². The molecule has 2 aliphatic rings. The summed E-state index contributed by atoms with van der Waals surface area (Å²) in [4.78, 5) is 42.5. The highest BCUT2D eigenvalue weighted by Crippen LogP contribution is 2.33. The number of fused-ring (bicyclic) bond motifs is 2. The number of imidazole rings is 2. The molecule has 0 aliphatic carbocycles. The number of nitrogens with one attached hydrogen (secondary N) is 3. The first-order chi connectivity index (χ1) is 35.9. The van der Waals surface area contributed by atoms with Gasteiger partial charge < -0.3 is 49.0 Å². The van der Waals surface area contributed by atoms with Crippen LogP contribution in [0.15, 0.2) is 133 Å². The van der Waals surface area contributed by atoms with E-state index >= 15 is 0 Å². The lowest BCUT2D eigenvalue weighted by Crippen LogP contribution is -2.38. The molecular formula is C56H58ClF3N6O8. The first-order valence-corrected chi connectivity index (χ1v) is 24.3. The Bertz CT molecular complexity index is 2980. The third kappa shape index (κ3) is 15.1. The number of amides is 1. The molecule has 388 valence electrons. The largest absolute Gasteiger partial charge is 0.508 e. The maximum absolute atomic E-state index is 13.2. The summed E-state index contributed by atoms with van der Waals surface area (Å²) in [5.74, 6) is 6.23. The molecule has 4 heterocycles. The number of H-pyrrole nitrogens is 2. The molecule has 2 aliphatic heterocycles. The van der Waals surface area contributed by atoms with Crippen molar-refractivity contribution in [1.29, 1.82) is 0 Å². The summed E-state index contributed by atoms with van der Waals surface area (Å²) in [6.07, 6.45) is 4.15. The summed E-state index contributed by atoms with van der Waals surface area (Å²) >= 11 is 5.41. The van der Waals surface area contributed by atoms with Crippen molar-refractivity contribution < 1.29 is 51.6 Å². The third-order valence-electron chi connectivity index (χ3n) is 12.4. The summed E-state index contributed by atoms with van der Waals surface area (Å²) in [7, 11) is 4.72. The summed E-state index contributed by atoms with van der Waals surface area (Å²) in [5.41, 5.74) is 7.16. The fourth-order valence-corrected chi connectivity index (χ4v) is 8.55. The normalized spacial score (nSPS) is 13.6. The van der Waals surface area contributed by atoms with Gasteiger partial charge in [-0.1, -0.05) is 48.5 Å². The Balaban J connectivity index is 0.000000172. The van der Waals surface area contributed by atoms with Crippen LogP contribution in [0.2, 0.25) is 0 Å². The highest BCUT2D eigenvalue weighted by Gasteiger charge is 2.27. The molecule has 74 heavy (non-hydrogen) atoms. The lowest BCUT2D eigenvalue weighted by molar-refractivity contribution is 0.00816. The Labute approximate surface area is 431 Å².